The molecule has 0 spiro atoms. The molecule has 0 saturated carbocycles. The highest BCUT2D eigenvalue weighted by atomic mass is 32.2. The van der Waals surface area contributed by atoms with E-state index < -0.39 is 0 Å². The summed E-state index contributed by atoms with van der Waals surface area (Å²) in [6, 6.07) is 9.78. The minimum atomic E-state index is -0.0993. The molecule has 1 aliphatic heterocycles. The Hall–Kier alpha value is -2.42. The molecule has 2 aromatic heterocycles. The smallest absolute Gasteiger partial charge is 0.227 e. The first-order chi connectivity index (χ1) is 13.5. The summed E-state index contributed by atoms with van der Waals surface area (Å²) in [4.78, 5) is 26.5. The number of rotatable bonds is 5. The number of thioether (sulfide) groups is 1. The number of amides is 1. The van der Waals surface area contributed by atoms with Crippen LogP contribution in [0.1, 0.15) is 16.7 Å². The van der Waals surface area contributed by atoms with Gasteiger partial charge in [0, 0.05) is 52.1 Å². The highest BCUT2D eigenvalue weighted by Crippen LogP contribution is 2.44. The van der Waals surface area contributed by atoms with Gasteiger partial charge in [-0.05, 0) is 38.4 Å². The Balaban J connectivity index is 1.61. The summed E-state index contributed by atoms with van der Waals surface area (Å²) in [5.74, 6) is 1.42. The Morgan fingerprint density at radius 2 is 2.07 bits per heavy atom. The van der Waals surface area contributed by atoms with E-state index in [1.807, 2.05) is 41.8 Å². The van der Waals surface area contributed by atoms with E-state index in [0.29, 0.717) is 5.95 Å². The fourth-order valence-electron chi connectivity index (χ4n) is 3.06. The zero-order chi connectivity index (χ0) is 19.7. The Kier molecular flexibility index (Phi) is 5.34. The summed E-state index contributed by atoms with van der Waals surface area (Å²) in [5.41, 5.74) is 3.77. The summed E-state index contributed by atoms with van der Waals surface area (Å²) in [6.07, 6.45) is 1.89. The lowest BCUT2D eigenvalue weighted by Crippen LogP contribution is -2.09. The van der Waals surface area contributed by atoms with Crippen LogP contribution < -0.4 is 10.6 Å². The molecule has 0 aliphatic carbocycles. The summed E-state index contributed by atoms with van der Waals surface area (Å²) < 4.78 is 0. The van der Waals surface area contributed by atoms with Gasteiger partial charge in [0.05, 0.1) is 10.6 Å². The first-order valence-electron chi connectivity index (χ1n) is 8.89. The molecular formula is C20H21N5OS2. The molecule has 28 heavy (non-hydrogen) atoms. The maximum atomic E-state index is 11.3. The third-order valence-corrected chi connectivity index (χ3v) is 6.49. The highest BCUT2D eigenvalue weighted by Gasteiger charge is 2.22. The lowest BCUT2D eigenvalue weighted by atomic mass is 10.1. The van der Waals surface area contributed by atoms with Crippen LogP contribution >= 0.6 is 23.1 Å². The Morgan fingerprint density at radius 3 is 2.86 bits per heavy atom. The number of carbonyl (C=O) groups is 1. The minimum absolute atomic E-state index is 0.0993. The summed E-state index contributed by atoms with van der Waals surface area (Å²) in [7, 11) is 4.17. The van der Waals surface area contributed by atoms with E-state index in [-0.39, 0.29) is 5.91 Å². The first-order valence-corrected chi connectivity index (χ1v) is 10.7. The van der Waals surface area contributed by atoms with E-state index in [1.165, 1.54) is 22.2 Å². The minimum Gasteiger partial charge on any atom is -0.326 e. The van der Waals surface area contributed by atoms with E-state index in [9.17, 15) is 4.79 Å². The van der Waals surface area contributed by atoms with Gasteiger partial charge >= 0.3 is 0 Å². The molecule has 0 atom stereocenters. The van der Waals surface area contributed by atoms with Crippen LogP contribution in [0.15, 0.2) is 41.4 Å². The second-order valence-electron chi connectivity index (χ2n) is 6.87. The molecule has 0 fully saturated rings. The number of carbonyl (C=O) groups excluding carboxylic acids is 1. The van der Waals surface area contributed by atoms with Gasteiger partial charge in [-0.1, -0.05) is 6.07 Å². The van der Waals surface area contributed by atoms with E-state index in [1.54, 1.807) is 11.8 Å². The van der Waals surface area contributed by atoms with Gasteiger partial charge < -0.3 is 15.5 Å². The molecule has 8 heteroatoms. The number of benzene rings is 1. The van der Waals surface area contributed by atoms with Crippen molar-refractivity contribution in [3.05, 3.63) is 46.3 Å². The average molecular weight is 412 g/mol. The topological polar surface area (TPSA) is 70.1 Å². The molecule has 6 nitrogen and oxygen atoms in total. The van der Waals surface area contributed by atoms with E-state index in [2.05, 4.69) is 40.7 Å². The van der Waals surface area contributed by atoms with Gasteiger partial charge in [-0.15, -0.1) is 23.1 Å². The van der Waals surface area contributed by atoms with Crippen LogP contribution in [0.25, 0.3) is 11.3 Å². The van der Waals surface area contributed by atoms with Crippen molar-refractivity contribution in [2.24, 2.45) is 0 Å². The predicted molar refractivity (Wildman–Crippen MR) is 116 cm³/mol. The van der Waals surface area contributed by atoms with Crippen LogP contribution in [0.3, 0.4) is 0 Å². The molecule has 0 bridgehead atoms. The molecule has 2 N–H and O–H groups in total. The van der Waals surface area contributed by atoms with Crippen molar-refractivity contribution < 1.29 is 4.79 Å². The zero-order valence-electron chi connectivity index (χ0n) is 15.9. The Bertz CT molecular complexity index is 1030. The molecule has 0 radical (unpaired) electrons. The second-order valence-corrected chi connectivity index (χ2v) is 9.11. The van der Waals surface area contributed by atoms with E-state index in [0.717, 1.165) is 34.3 Å². The number of fused-ring (bicyclic) bond motifs is 3. The van der Waals surface area contributed by atoms with Gasteiger partial charge in [0.15, 0.2) is 0 Å². The van der Waals surface area contributed by atoms with E-state index >= 15 is 0 Å². The van der Waals surface area contributed by atoms with Crippen LogP contribution in [0.4, 0.5) is 17.3 Å². The molecule has 0 saturated heterocycles. The molecule has 1 amide bonds. The molecular weight excluding hydrogens is 390 g/mol. The summed E-state index contributed by atoms with van der Waals surface area (Å²) in [5, 5.41) is 6.04. The lowest BCUT2D eigenvalue weighted by Gasteiger charge is -2.15. The third-order valence-electron chi connectivity index (χ3n) is 4.14. The number of nitrogens with zero attached hydrogens (tertiary/aromatic N) is 3. The number of hydrogen-bond acceptors (Lipinski definition) is 7. The van der Waals surface area contributed by atoms with Gasteiger partial charge in [-0.25, -0.2) is 9.97 Å². The molecule has 3 heterocycles. The second kappa shape index (κ2) is 7.90. The largest absolute Gasteiger partial charge is 0.326 e. The van der Waals surface area contributed by atoms with Gasteiger partial charge in [-0.3, -0.25) is 4.79 Å². The van der Waals surface area contributed by atoms with Gasteiger partial charge in [0.1, 0.15) is 0 Å². The van der Waals surface area contributed by atoms with Crippen molar-refractivity contribution in [1.82, 2.24) is 14.9 Å². The standard InChI is InChI=1S/C20H21N5OS2/c1-12(26)22-13-5-4-6-14(7-13)23-20-21-9-17-19(24-20)16-8-15(10-25(2)3)28-18(16)11-27-17/h4-9H,10-11H2,1-3H3,(H,22,26)(H,21,23,24). The van der Waals surface area contributed by atoms with Gasteiger partial charge in [0.25, 0.3) is 0 Å². The Labute approximate surface area is 172 Å². The van der Waals surface area contributed by atoms with Crippen LogP contribution in [-0.2, 0) is 17.1 Å². The van der Waals surface area contributed by atoms with Crippen molar-refractivity contribution in [2.45, 2.75) is 24.1 Å². The molecule has 0 unspecified atom stereocenters. The van der Waals surface area contributed by atoms with E-state index in [4.69, 9.17) is 4.98 Å². The van der Waals surface area contributed by atoms with Gasteiger partial charge in [-0.2, -0.15) is 0 Å². The summed E-state index contributed by atoms with van der Waals surface area (Å²) >= 11 is 3.65. The zero-order valence-corrected chi connectivity index (χ0v) is 17.6. The quantitative estimate of drug-likeness (QED) is 0.641. The number of thiophene rings is 1. The monoisotopic (exact) mass is 411 g/mol. The first kappa shape index (κ1) is 18.9. The fourth-order valence-corrected chi connectivity index (χ4v) is 5.42. The van der Waals surface area contributed by atoms with Crippen LogP contribution in [0, 0.1) is 0 Å². The Morgan fingerprint density at radius 1 is 1.25 bits per heavy atom. The normalized spacial score (nSPS) is 12.4. The molecule has 1 aliphatic rings. The van der Waals surface area contributed by atoms with Crippen LogP contribution in [0.2, 0.25) is 0 Å². The van der Waals surface area contributed by atoms with Crippen molar-refractivity contribution >= 4 is 46.3 Å². The number of nitrogens with one attached hydrogen (secondary N) is 2. The summed E-state index contributed by atoms with van der Waals surface area (Å²) in [6.45, 7) is 2.43. The maximum absolute atomic E-state index is 11.3. The molecule has 3 aromatic rings. The molecule has 4 rings (SSSR count). The lowest BCUT2D eigenvalue weighted by molar-refractivity contribution is -0.114. The number of anilines is 3. The average Bonchev–Trinajstić information content (AvgIpc) is 3.03. The number of hydrogen-bond donors (Lipinski definition) is 2. The molecule has 1 aromatic carbocycles. The van der Waals surface area contributed by atoms with Crippen molar-refractivity contribution in [3.8, 4) is 11.3 Å². The maximum Gasteiger partial charge on any atom is 0.227 e. The number of aromatic nitrogens is 2. The van der Waals surface area contributed by atoms with Crippen LogP contribution in [0.5, 0.6) is 0 Å². The fraction of sp³-hybridized carbons (Fsp3) is 0.250. The van der Waals surface area contributed by atoms with Crippen molar-refractivity contribution in [3.63, 3.8) is 0 Å². The van der Waals surface area contributed by atoms with Gasteiger partial charge in [0.2, 0.25) is 11.9 Å². The van der Waals surface area contributed by atoms with Crippen molar-refractivity contribution in [2.75, 3.05) is 24.7 Å². The third kappa shape index (κ3) is 4.19. The predicted octanol–water partition coefficient (Wildman–Crippen LogP) is 4.57. The van der Waals surface area contributed by atoms with Crippen LogP contribution in [-0.4, -0.2) is 34.9 Å². The molecule has 144 valence electrons. The SMILES string of the molecule is CC(=O)Nc1cccc(Nc2ncc3c(n2)-c2cc(CN(C)C)sc2CS3)c1. The van der Waals surface area contributed by atoms with Crippen molar-refractivity contribution in [1.29, 1.82) is 0 Å². The highest BCUT2D eigenvalue weighted by molar-refractivity contribution is 7.98.